The predicted octanol–water partition coefficient (Wildman–Crippen LogP) is 2.38. The summed E-state index contributed by atoms with van der Waals surface area (Å²) in [6, 6.07) is 8.27. The molecule has 1 saturated carbocycles. The summed E-state index contributed by atoms with van der Waals surface area (Å²) in [6.45, 7) is 3.19. The lowest BCUT2D eigenvalue weighted by atomic mass is 10.1. The van der Waals surface area contributed by atoms with Gasteiger partial charge in [-0.15, -0.1) is 0 Å². The molecule has 1 aliphatic heterocycles. The highest BCUT2D eigenvalue weighted by molar-refractivity contribution is 6.00. The minimum Gasteiger partial charge on any atom is -0.347 e. The zero-order chi connectivity index (χ0) is 9.76. The molecule has 2 heteroatoms. The van der Waals surface area contributed by atoms with Crippen LogP contribution in [0.4, 0.5) is 0 Å². The van der Waals surface area contributed by atoms with Crippen LogP contribution in [0.5, 0.6) is 0 Å². The van der Waals surface area contributed by atoms with Gasteiger partial charge < -0.3 is 4.90 Å². The molecule has 0 saturated heterocycles. The smallest absolute Gasteiger partial charge is 0.129 e. The maximum Gasteiger partial charge on any atom is 0.129 e. The van der Waals surface area contributed by atoms with Gasteiger partial charge >= 0.3 is 0 Å². The van der Waals surface area contributed by atoms with E-state index in [4.69, 9.17) is 5.41 Å². The first-order valence-corrected chi connectivity index (χ1v) is 5.15. The first-order valence-electron chi connectivity index (χ1n) is 5.15. The molecule has 0 atom stereocenters. The van der Waals surface area contributed by atoms with Crippen molar-refractivity contribution in [2.45, 2.75) is 31.8 Å². The summed E-state index contributed by atoms with van der Waals surface area (Å²) in [5.74, 6) is 0.723. The molecule has 1 fully saturated rings. The van der Waals surface area contributed by atoms with Crippen molar-refractivity contribution in [3.63, 3.8) is 0 Å². The summed E-state index contributed by atoms with van der Waals surface area (Å²) >= 11 is 0. The lowest BCUT2D eigenvalue weighted by Crippen LogP contribution is -2.34. The van der Waals surface area contributed by atoms with Crippen LogP contribution in [0, 0.1) is 5.41 Å². The van der Waals surface area contributed by atoms with Crippen LogP contribution in [0.3, 0.4) is 0 Å². The number of amidine groups is 1. The van der Waals surface area contributed by atoms with Gasteiger partial charge in [-0.3, -0.25) is 5.41 Å². The highest BCUT2D eigenvalue weighted by Crippen LogP contribution is 2.44. The predicted molar refractivity (Wildman–Crippen MR) is 56.5 cm³/mol. The lowest BCUT2D eigenvalue weighted by Gasteiger charge is -2.25. The molecule has 0 unspecified atom stereocenters. The molecular formula is C12H14N2. The van der Waals surface area contributed by atoms with E-state index >= 15 is 0 Å². The normalized spacial score (nSPS) is 22.4. The Labute approximate surface area is 84.1 Å². The van der Waals surface area contributed by atoms with Gasteiger partial charge in [0.25, 0.3) is 0 Å². The van der Waals surface area contributed by atoms with Crippen LogP contribution in [0.15, 0.2) is 24.3 Å². The van der Waals surface area contributed by atoms with Crippen molar-refractivity contribution in [2.24, 2.45) is 0 Å². The Bertz CT molecular complexity index is 405. The fourth-order valence-corrected chi connectivity index (χ4v) is 2.20. The Hall–Kier alpha value is -1.31. The van der Waals surface area contributed by atoms with Gasteiger partial charge in [-0.2, -0.15) is 0 Å². The van der Waals surface area contributed by atoms with Gasteiger partial charge in [-0.25, -0.2) is 0 Å². The van der Waals surface area contributed by atoms with Gasteiger partial charge in [0.05, 0.1) is 0 Å². The average molecular weight is 186 g/mol. The number of nitrogens with one attached hydrogen (secondary N) is 1. The largest absolute Gasteiger partial charge is 0.347 e. The van der Waals surface area contributed by atoms with Crippen LogP contribution in [-0.4, -0.2) is 16.3 Å². The number of benzene rings is 1. The maximum absolute atomic E-state index is 8.11. The van der Waals surface area contributed by atoms with E-state index in [2.05, 4.69) is 30.0 Å². The van der Waals surface area contributed by atoms with Crippen molar-refractivity contribution >= 4 is 5.84 Å². The van der Waals surface area contributed by atoms with Gasteiger partial charge in [-0.05, 0) is 25.3 Å². The molecule has 0 spiro atoms. The Morgan fingerprint density at radius 3 is 2.64 bits per heavy atom. The van der Waals surface area contributed by atoms with Crippen molar-refractivity contribution in [1.82, 2.24) is 4.90 Å². The van der Waals surface area contributed by atoms with Gasteiger partial charge in [-0.1, -0.05) is 24.3 Å². The van der Waals surface area contributed by atoms with Crippen molar-refractivity contribution in [2.75, 3.05) is 0 Å². The SMILES string of the molecule is CC1(N2Cc3ccccc3C2=N)CC1. The van der Waals surface area contributed by atoms with Crippen LogP contribution in [0.2, 0.25) is 0 Å². The number of nitrogens with zero attached hydrogens (tertiary/aromatic N) is 1. The second-order valence-electron chi connectivity index (χ2n) is 4.59. The van der Waals surface area contributed by atoms with Crippen molar-refractivity contribution in [1.29, 1.82) is 5.41 Å². The summed E-state index contributed by atoms with van der Waals surface area (Å²) in [4.78, 5) is 2.25. The molecule has 1 aromatic rings. The molecule has 14 heavy (non-hydrogen) atoms. The molecule has 1 heterocycles. The molecule has 0 bridgehead atoms. The molecule has 3 rings (SSSR count). The minimum atomic E-state index is 0.288. The van der Waals surface area contributed by atoms with Crippen LogP contribution in [0.25, 0.3) is 0 Å². The standard InChI is InChI=1S/C12H14N2/c1-12(6-7-12)14-8-9-4-2-3-5-10(9)11(14)13/h2-5,13H,6-8H2,1H3. The third kappa shape index (κ3) is 0.939. The van der Waals surface area contributed by atoms with Gasteiger partial charge in [0.2, 0.25) is 0 Å². The number of hydrogen-bond acceptors (Lipinski definition) is 1. The van der Waals surface area contributed by atoms with Gasteiger partial charge in [0.1, 0.15) is 5.84 Å². The van der Waals surface area contributed by atoms with Crippen molar-refractivity contribution in [3.05, 3.63) is 35.4 Å². The molecule has 1 aliphatic carbocycles. The van der Waals surface area contributed by atoms with E-state index in [1.165, 1.54) is 18.4 Å². The zero-order valence-electron chi connectivity index (χ0n) is 8.38. The summed E-state index contributed by atoms with van der Waals surface area (Å²) in [5.41, 5.74) is 2.72. The van der Waals surface area contributed by atoms with Crippen molar-refractivity contribution < 1.29 is 0 Å². The molecular weight excluding hydrogens is 172 g/mol. The molecule has 1 N–H and O–H groups in total. The third-order valence-electron chi connectivity index (χ3n) is 3.50. The number of hydrogen-bond donors (Lipinski definition) is 1. The van der Waals surface area contributed by atoms with Gasteiger partial charge in [0, 0.05) is 17.6 Å². The lowest BCUT2D eigenvalue weighted by molar-refractivity contribution is 0.314. The van der Waals surface area contributed by atoms with E-state index in [-0.39, 0.29) is 5.54 Å². The quantitative estimate of drug-likeness (QED) is 0.716. The summed E-state index contributed by atoms with van der Waals surface area (Å²) in [7, 11) is 0. The van der Waals surface area contributed by atoms with E-state index in [1.54, 1.807) is 0 Å². The second-order valence-corrected chi connectivity index (χ2v) is 4.59. The Kier molecular flexibility index (Phi) is 1.37. The Morgan fingerprint density at radius 2 is 2.00 bits per heavy atom. The van der Waals surface area contributed by atoms with Crippen LogP contribution in [0.1, 0.15) is 30.9 Å². The fraction of sp³-hybridized carbons (Fsp3) is 0.417. The zero-order valence-corrected chi connectivity index (χ0v) is 8.38. The molecule has 0 amide bonds. The molecule has 2 nitrogen and oxygen atoms in total. The van der Waals surface area contributed by atoms with E-state index in [0.29, 0.717) is 0 Å². The van der Waals surface area contributed by atoms with E-state index < -0.39 is 0 Å². The summed E-state index contributed by atoms with van der Waals surface area (Å²) < 4.78 is 0. The first kappa shape index (κ1) is 8.04. The highest BCUT2D eigenvalue weighted by atomic mass is 15.3. The Morgan fingerprint density at radius 1 is 1.29 bits per heavy atom. The molecule has 72 valence electrons. The van der Waals surface area contributed by atoms with Gasteiger partial charge in [0.15, 0.2) is 0 Å². The number of fused-ring (bicyclic) bond motifs is 1. The van der Waals surface area contributed by atoms with E-state index in [1.807, 2.05) is 6.07 Å². The van der Waals surface area contributed by atoms with Crippen LogP contribution < -0.4 is 0 Å². The van der Waals surface area contributed by atoms with Crippen LogP contribution >= 0.6 is 0 Å². The monoisotopic (exact) mass is 186 g/mol. The molecule has 1 aromatic carbocycles. The highest BCUT2D eigenvalue weighted by Gasteiger charge is 2.46. The average Bonchev–Trinajstić information content (AvgIpc) is 2.84. The Balaban J connectivity index is 2.01. The molecule has 0 aromatic heterocycles. The summed E-state index contributed by atoms with van der Waals surface area (Å²) in [5, 5.41) is 8.11. The van der Waals surface area contributed by atoms with Crippen LogP contribution in [-0.2, 0) is 6.54 Å². The van der Waals surface area contributed by atoms with E-state index in [9.17, 15) is 0 Å². The summed E-state index contributed by atoms with van der Waals surface area (Å²) in [6.07, 6.45) is 2.48. The third-order valence-corrected chi connectivity index (χ3v) is 3.50. The van der Waals surface area contributed by atoms with E-state index in [0.717, 1.165) is 17.9 Å². The number of rotatable bonds is 1. The topological polar surface area (TPSA) is 27.1 Å². The fourth-order valence-electron chi connectivity index (χ4n) is 2.20. The first-order chi connectivity index (χ1) is 6.71. The van der Waals surface area contributed by atoms with Crippen molar-refractivity contribution in [3.8, 4) is 0 Å². The molecule has 0 radical (unpaired) electrons. The maximum atomic E-state index is 8.11. The minimum absolute atomic E-state index is 0.288. The second kappa shape index (κ2) is 2.38. The molecule has 2 aliphatic rings.